The molecule has 0 radical (unpaired) electrons. The first-order valence-electron chi connectivity index (χ1n) is 7.10. The van der Waals surface area contributed by atoms with E-state index in [4.69, 9.17) is 4.74 Å². The van der Waals surface area contributed by atoms with Gasteiger partial charge in [-0.3, -0.25) is 4.98 Å². The van der Waals surface area contributed by atoms with Crippen molar-refractivity contribution in [2.24, 2.45) is 0 Å². The highest BCUT2D eigenvalue weighted by atomic mass is 16.5. The number of pyridine rings is 1. The zero-order chi connectivity index (χ0) is 14.2. The summed E-state index contributed by atoms with van der Waals surface area (Å²) in [5.74, 6) is 0.904. The van der Waals surface area contributed by atoms with Crippen LogP contribution in [0.2, 0.25) is 0 Å². The predicted octanol–water partition coefficient (Wildman–Crippen LogP) is 3.54. The van der Waals surface area contributed by atoms with Gasteiger partial charge in [-0.05, 0) is 49.1 Å². The number of aromatic nitrogens is 1. The molecule has 1 N–H and O–H groups in total. The maximum atomic E-state index is 10.1. The molecule has 3 heteroatoms. The Kier molecular flexibility index (Phi) is 5.56. The van der Waals surface area contributed by atoms with Gasteiger partial charge in [0, 0.05) is 6.20 Å². The van der Waals surface area contributed by atoms with Crippen LogP contribution in [0, 0.1) is 0 Å². The normalized spacial score (nSPS) is 12.1. The number of rotatable bonds is 7. The minimum absolute atomic E-state index is 0.507. The molecule has 2 aromatic rings. The summed E-state index contributed by atoms with van der Waals surface area (Å²) in [4.78, 5) is 4.17. The van der Waals surface area contributed by atoms with E-state index < -0.39 is 6.10 Å². The molecular formula is C17H21NO2. The van der Waals surface area contributed by atoms with Gasteiger partial charge < -0.3 is 9.84 Å². The van der Waals surface area contributed by atoms with E-state index in [1.165, 1.54) is 5.56 Å². The first kappa shape index (κ1) is 14.5. The van der Waals surface area contributed by atoms with E-state index >= 15 is 0 Å². The minimum atomic E-state index is -0.507. The summed E-state index contributed by atoms with van der Waals surface area (Å²) in [7, 11) is 0. The van der Waals surface area contributed by atoms with E-state index in [1.54, 1.807) is 6.20 Å². The maximum Gasteiger partial charge on any atom is 0.119 e. The van der Waals surface area contributed by atoms with E-state index in [0.29, 0.717) is 6.42 Å². The van der Waals surface area contributed by atoms with Crippen molar-refractivity contribution >= 4 is 0 Å². The first-order valence-corrected chi connectivity index (χ1v) is 7.10. The van der Waals surface area contributed by atoms with Gasteiger partial charge in [0.05, 0.1) is 18.4 Å². The largest absolute Gasteiger partial charge is 0.494 e. The van der Waals surface area contributed by atoms with Gasteiger partial charge in [-0.25, -0.2) is 0 Å². The second-order valence-electron chi connectivity index (χ2n) is 4.80. The van der Waals surface area contributed by atoms with E-state index in [9.17, 15) is 5.11 Å². The highest BCUT2D eigenvalue weighted by Gasteiger charge is 2.08. The Morgan fingerprint density at radius 2 is 1.95 bits per heavy atom. The Hall–Kier alpha value is -1.87. The van der Waals surface area contributed by atoms with Crippen molar-refractivity contribution in [1.29, 1.82) is 0 Å². The Balaban J connectivity index is 1.84. The van der Waals surface area contributed by atoms with E-state index in [2.05, 4.69) is 24.0 Å². The number of aryl methyl sites for hydroxylation is 1. The van der Waals surface area contributed by atoms with Gasteiger partial charge in [0.2, 0.25) is 0 Å². The molecule has 1 aromatic carbocycles. The molecule has 20 heavy (non-hydrogen) atoms. The predicted molar refractivity (Wildman–Crippen MR) is 79.7 cm³/mol. The summed E-state index contributed by atoms with van der Waals surface area (Å²) in [6.45, 7) is 2.84. The average molecular weight is 271 g/mol. The van der Waals surface area contributed by atoms with Crippen molar-refractivity contribution in [1.82, 2.24) is 4.98 Å². The summed E-state index contributed by atoms with van der Waals surface area (Å²) < 4.78 is 5.55. The highest BCUT2D eigenvalue weighted by Crippen LogP contribution is 2.18. The van der Waals surface area contributed by atoms with Gasteiger partial charge in [0.15, 0.2) is 0 Å². The minimum Gasteiger partial charge on any atom is -0.494 e. The van der Waals surface area contributed by atoms with Crippen LogP contribution in [-0.4, -0.2) is 16.7 Å². The fourth-order valence-corrected chi connectivity index (χ4v) is 2.00. The smallest absolute Gasteiger partial charge is 0.119 e. The van der Waals surface area contributed by atoms with Gasteiger partial charge in [0.25, 0.3) is 0 Å². The summed E-state index contributed by atoms with van der Waals surface area (Å²) in [5.41, 5.74) is 1.93. The maximum absolute atomic E-state index is 10.1. The second-order valence-corrected chi connectivity index (χ2v) is 4.80. The van der Waals surface area contributed by atoms with Crippen LogP contribution in [0.3, 0.4) is 0 Å². The van der Waals surface area contributed by atoms with Crippen molar-refractivity contribution in [2.75, 3.05) is 6.61 Å². The molecule has 0 aliphatic heterocycles. The van der Waals surface area contributed by atoms with E-state index in [0.717, 1.165) is 30.9 Å². The van der Waals surface area contributed by atoms with Crippen LogP contribution in [0.1, 0.15) is 37.1 Å². The van der Waals surface area contributed by atoms with Crippen molar-refractivity contribution in [3.63, 3.8) is 0 Å². The monoisotopic (exact) mass is 271 g/mol. The lowest BCUT2D eigenvalue weighted by Gasteiger charge is -2.10. The van der Waals surface area contributed by atoms with Crippen LogP contribution < -0.4 is 4.74 Å². The fourth-order valence-electron chi connectivity index (χ4n) is 2.00. The zero-order valence-corrected chi connectivity index (χ0v) is 11.8. The van der Waals surface area contributed by atoms with Gasteiger partial charge in [-0.2, -0.15) is 0 Å². The van der Waals surface area contributed by atoms with E-state index in [1.807, 2.05) is 30.3 Å². The standard InChI is InChI=1S/C17H21NO2/c1-2-13-20-15-9-6-14(7-10-15)8-11-17(19)16-5-3-4-12-18-16/h3-7,9-10,12,17,19H,2,8,11,13H2,1H3. The zero-order valence-electron chi connectivity index (χ0n) is 11.8. The van der Waals surface area contributed by atoms with E-state index in [-0.39, 0.29) is 0 Å². The van der Waals surface area contributed by atoms with Crippen molar-refractivity contribution in [2.45, 2.75) is 32.3 Å². The van der Waals surface area contributed by atoms with Gasteiger partial charge in [-0.15, -0.1) is 0 Å². The molecule has 0 aliphatic rings. The van der Waals surface area contributed by atoms with Crippen LogP contribution in [-0.2, 0) is 6.42 Å². The molecule has 0 spiro atoms. The Morgan fingerprint density at radius 3 is 2.60 bits per heavy atom. The number of nitrogens with zero attached hydrogens (tertiary/aromatic N) is 1. The topological polar surface area (TPSA) is 42.4 Å². The average Bonchev–Trinajstić information content (AvgIpc) is 2.52. The molecule has 106 valence electrons. The third kappa shape index (κ3) is 4.35. The molecule has 2 rings (SSSR count). The van der Waals surface area contributed by atoms with Gasteiger partial charge in [-0.1, -0.05) is 25.1 Å². The third-order valence-electron chi connectivity index (χ3n) is 3.13. The fraction of sp³-hybridized carbons (Fsp3) is 0.353. The number of aliphatic hydroxyl groups excluding tert-OH is 1. The lowest BCUT2D eigenvalue weighted by atomic mass is 10.0. The molecule has 0 amide bonds. The number of hydrogen-bond acceptors (Lipinski definition) is 3. The Labute approximate surface area is 120 Å². The molecule has 1 atom stereocenters. The first-order chi connectivity index (χ1) is 9.79. The summed E-state index contributed by atoms with van der Waals surface area (Å²) in [5, 5.41) is 10.1. The molecule has 0 bridgehead atoms. The van der Waals surface area contributed by atoms with Crippen molar-refractivity contribution in [3.8, 4) is 5.75 Å². The van der Waals surface area contributed by atoms with Crippen LogP contribution in [0.5, 0.6) is 5.75 Å². The van der Waals surface area contributed by atoms with Crippen LogP contribution >= 0.6 is 0 Å². The Morgan fingerprint density at radius 1 is 1.15 bits per heavy atom. The lowest BCUT2D eigenvalue weighted by molar-refractivity contribution is 0.163. The summed E-state index contributed by atoms with van der Waals surface area (Å²) in [6.07, 6.45) is 3.71. The van der Waals surface area contributed by atoms with Crippen molar-refractivity contribution in [3.05, 3.63) is 59.9 Å². The molecule has 0 aliphatic carbocycles. The molecule has 0 saturated carbocycles. The molecule has 1 unspecified atom stereocenters. The number of ether oxygens (including phenoxy) is 1. The number of benzene rings is 1. The summed E-state index contributed by atoms with van der Waals surface area (Å²) in [6, 6.07) is 13.7. The van der Waals surface area contributed by atoms with Crippen LogP contribution in [0.4, 0.5) is 0 Å². The lowest BCUT2D eigenvalue weighted by Crippen LogP contribution is -2.01. The third-order valence-corrected chi connectivity index (χ3v) is 3.13. The van der Waals surface area contributed by atoms with Gasteiger partial charge in [0.1, 0.15) is 5.75 Å². The summed E-state index contributed by atoms with van der Waals surface area (Å²) >= 11 is 0. The van der Waals surface area contributed by atoms with Crippen molar-refractivity contribution < 1.29 is 9.84 Å². The molecule has 0 saturated heterocycles. The van der Waals surface area contributed by atoms with Gasteiger partial charge >= 0.3 is 0 Å². The van der Waals surface area contributed by atoms with Crippen LogP contribution in [0.15, 0.2) is 48.7 Å². The molecular weight excluding hydrogens is 250 g/mol. The second kappa shape index (κ2) is 7.65. The SMILES string of the molecule is CCCOc1ccc(CCC(O)c2ccccn2)cc1. The number of hydrogen-bond donors (Lipinski definition) is 1. The number of aliphatic hydroxyl groups is 1. The quantitative estimate of drug-likeness (QED) is 0.837. The molecule has 3 nitrogen and oxygen atoms in total. The van der Waals surface area contributed by atoms with Crippen LogP contribution in [0.25, 0.3) is 0 Å². The molecule has 0 fully saturated rings. The Bertz CT molecular complexity index is 496. The molecule has 1 heterocycles. The highest BCUT2D eigenvalue weighted by molar-refractivity contribution is 5.27. The molecule has 1 aromatic heterocycles.